The Balaban J connectivity index is 1.64. The van der Waals surface area contributed by atoms with Crippen LogP contribution in [-0.4, -0.2) is 24.9 Å². The monoisotopic (exact) mass is 380 g/mol. The number of nitrogens with zero attached hydrogens (tertiary/aromatic N) is 1. The van der Waals surface area contributed by atoms with E-state index in [1.165, 1.54) is 0 Å². The zero-order valence-electron chi connectivity index (χ0n) is 16.1. The van der Waals surface area contributed by atoms with Crippen LogP contribution in [0.4, 0.5) is 5.69 Å². The molecule has 0 aliphatic carbocycles. The van der Waals surface area contributed by atoms with Crippen molar-refractivity contribution in [3.63, 3.8) is 0 Å². The van der Waals surface area contributed by atoms with Crippen LogP contribution < -0.4 is 10.2 Å². The Labute approximate surface area is 168 Å². The van der Waals surface area contributed by atoms with Crippen molar-refractivity contribution in [2.75, 3.05) is 11.9 Å². The zero-order chi connectivity index (χ0) is 20.0. The maximum absolute atomic E-state index is 13.1. The van der Waals surface area contributed by atoms with E-state index in [0.717, 1.165) is 32.8 Å². The van der Waals surface area contributed by atoms with Gasteiger partial charge in [0.25, 0.3) is 5.91 Å². The van der Waals surface area contributed by atoms with Gasteiger partial charge in [-0.1, -0.05) is 66.7 Å². The summed E-state index contributed by atoms with van der Waals surface area (Å²) in [5.74, 6) is -0.326. The molecule has 4 aromatic carbocycles. The van der Waals surface area contributed by atoms with Crippen molar-refractivity contribution in [1.29, 1.82) is 0 Å². The number of fused-ring (bicyclic) bond motifs is 6. The second-order valence-electron chi connectivity index (χ2n) is 7.41. The van der Waals surface area contributed by atoms with Crippen molar-refractivity contribution < 1.29 is 9.59 Å². The second kappa shape index (κ2) is 6.74. The number of carbonyl (C=O) groups is 2. The molecule has 0 saturated carbocycles. The molecule has 0 spiro atoms. The van der Waals surface area contributed by atoms with Crippen molar-refractivity contribution in [3.8, 4) is 0 Å². The van der Waals surface area contributed by atoms with E-state index in [1.54, 1.807) is 24.1 Å². The maximum Gasteiger partial charge on any atom is 0.251 e. The minimum atomic E-state index is -0.593. The van der Waals surface area contributed by atoms with Gasteiger partial charge < -0.3 is 10.2 Å². The highest BCUT2D eigenvalue weighted by Crippen LogP contribution is 2.41. The third kappa shape index (κ3) is 2.76. The highest BCUT2D eigenvalue weighted by atomic mass is 16.2. The van der Waals surface area contributed by atoms with Crippen LogP contribution in [0.5, 0.6) is 0 Å². The SMILES string of the molecule is CN1C(=O)C(NC(=O)c2ccccc2)Cc2c1c1ccccc1c1ccccc21. The molecule has 1 aliphatic heterocycles. The average Bonchev–Trinajstić information content (AvgIpc) is 2.77. The molecule has 4 aromatic rings. The Morgan fingerprint density at radius 1 is 0.828 bits per heavy atom. The summed E-state index contributed by atoms with van der Waals surface area (Å²) in [6.07, 6.45) is 0.475. The molecular weight excluding hydrogens is 360 g/mol. The summed E-state index contributed by atoms with van der Waals surface area (Å²) in [5, 5.41) is 7.42. The minimum absolute atomic E-state index is 0.0952. The fraction of sp³-hybridized carbons (Fsp3) is 0.120. The quantitative estimate of drug-likeness (QED) is 0.527. The number of hydrogen-bond donors (Lipinski definition) is 1. The predicted molar refractivity (Wildman–Crippen MR) is 116 cm³/mol. The van der Waals surface area contributed by atoms with Crippen molar-refractivity contribution in [3.05, 3.63) is 90.0 Å². The van der Waals surface area contributed by atoms with Gasteiger partial charge in [0.15, 0.2) is 0 Å². The van der Waals surface area contributed by atoms with Gasteiger partial charge in [0.1, 0.15) is 6.04 Å². The molecule has 0 aromatic heterocycles. The van der Waals surface area contributed by atoms with Gasteiger partial charge in [-0.25, -0.2) is 0 Å². The summed E-state index contributed by atoms with van der Waals surface area (Å²) in [4.78, 5) is 27.5. The standard InChI is InChI=1S/C25H20N2O2/c1-27-23-20-14-8-7-12-18(20)17-11-5-6-13-19(17)21(23)15-22(25(27)29)26-24(28)16-9-3-2-4-10-16/h2-14,22H,15H2,1H3,(H,26,28). The van der Waals surface area contributed by atoms with Gasteiger partial charge in [0.2, 0.25) is 5.91 Å². The van der Waals surface area contributed by atoms with Crippen molar-refractivity contribution >= 4 is 39.0 Å². The number of hydrogen-bond acceptors (Lipinski definition) is 2. The van der Waals surface area contributed by atoms with E-state index >= 15 is 0 Å². The Morgan fingerprint density at radius 3 is 2.07 bits per heavy atom. The fourth-order valence-electron chi connectivity index (χ4n) is 4.36. The van der Waals surface area contributed by atoms with Crippen LogP contribution in [0.2, 0.25) is 0 Å². The molecule has 0 fully saturated rings. The van der Waals surface area contributed by atoms with E-state index in [1.807, 2.05) is 42.5 Å². The fourth-order valence-corrected chi connectivity index (χ4v) is 4.36. The highest BCUT2D eigenvalue weighted by Gasteiger charge is 2.34. The number of carbonyl (C=O) groups excluding carboxylic acids is 2. The molecule has 1 atom stereocenters. The number of rotatable bonds is 2. The summed E-state index contributed by atoms with van der Waals surface area (Å²) < 4.78 is 0. The lowest BCUT2D eigenvalue weighted by Crippen LogP contribution is -2.51. The lowest BCUT2D eigenvalue weighted by atomic mass is 9.88. The first kappa shape index (κ1) is 17.4. The molecule has 1 heterocycles. The van der Waals surface area contributed by atoms with E-state index in [0.29, 0.717) is 12.0 Å². The second-order valence-corrected chi connectivity index (χ2v) is 7.41. The summed E-state index contributed by atoms with van der Waals surface area (Å²) in [7, 11) is 1.79. The number of nitrogens with one attached hydrogen (secondary N) is 1. The molecule has 142 valence electrons. The molecule has 1 N–H and O–H groups in total. The van der Waals surface area contributed by atoms with Crippen LogP contribution in [0, 0.1) is 0 Å². The molecule has 5 rings (SSSR count). The Morgan fingerprint density at radius 2 is 1.38 bits per heavy atom. The molecule has 29 heavy (non-hydrogen) atoms. The number of benzene rings is 4. The average molecular weight is 380 g/mol. The van der Waals surface area contributed by atoms with Crippen molar-refractivity contribution in [2.45, 2.75) is 12.5 Å². The van der Waals surface area contributed by atoms with Gasteiger partial charge in [-0.05, 0) is 33.9 Å². The van der Waals surface area contributed by atoms with Crippen LogP contribution in [0.15, 0.2) is 78.9 Å². The molecule has 0 radical (unpaired) electrons. The van der Waals surface area contributed by atoms with E-state index < -0.39 is 6.04 Å². The first-order chi connectivity index (χ1) is 14.1. The zero-order valence-corrected chi connectivity index (χ0v) is 16.1. The Kier molecular flexibility index (Phi) is 4.06. The highest BCUT2D eigenvalue weighted by molar-refractivity contribution is 6.19. The van der Waals surface area contributed by atoms with Gasteiger partial charge in [-0.2, -0.15) is 0 Å². The first-order valence-electron chi connectivity index (χ1n) is 9.71. The minimum Gasteiger partial charge on any atom is -0.340 e. The van der Waals surface area contributed by atoms with Gasteiger partial charge in [0, 0.05) is 24.4 Å². The molecular formula is C25H20N2O2. The van der Waals surface area contributed by atoms with E-state index in [4.69, 9.17) is 0 Å². The Bertz CT molecular complexity index is 1260. The van der Waals surface area contributed by atoms with Crippen molar-refractivity contribution in [2.24, 2.45) is 0 Å². The van der Waals surface area contributed by atoms with Gasteiger partial charge in [-0.3, -0.25) is 9.59 Å². The molecule has 4 heteroatoms. The van der Waals surface area contributed by atoms with Crippen LogP contribution in [0.3, 0.4) is 0 Å². The smallest absolute Gasteiger partial charge is 0.251 e. The molecule has 0 bridgehead atoms. The summed E-state index contributed by atoms with van der Waals surface area (Å²) in [6, 6.07) is 24.9. The molecule has 1 unspecified atom stereocenters. The molecule has 0 saturated heterocycles. The summed E-state index contributed by atoms with van der Waals surface area (Å²) >= 11 is 0. The largest absolute Gasteiger partial charge is 0.340 e. The van der Waals surface area contributed by atoms with Gasteiger partial charge in [0.05, 0.1) is 5.69 Å². The lowest BCUT2D eigenvalue weighted by Gasteiger charge is -2.34. The lowest BCUT2D eigenvalue weighted by molar-refractivity contribution is -0.120. The van der Waals surface area contributed by atoms with Crippen LogP contribution in [0.25, 0.3) is 21.5 Å². The molecule has 4 nitrogen and oxygen atoms in total. The maximum atomic E-state index is 13.1. The first-order valence-corrected chi connectivity index (χ1v) is 9.71. The van der Waals surface area contributed by atoms with Crippen LogP contribution >= 0.6 is 0 Å². The van der Waals surface area contributed by atoms with Crippen LogP contribution in [0.1, 0.15) is 15.9 Å². The van der Waals surface area contributed by atoms with E-state index in [-0.39, 0.29) is 11.8 Å². The third-order valence-corrected chi connectivity index (χ3v) is 5.72. The van der Waals surface area contributed by atoms with Crippen LogP contribution in [-0.2, 0) is 11.2 Å². The topological polar surface area (TPSA) is 49.4 Å². The molecule has 1 aliphatic rings. The summed E-state index contributed by atoms with van der Waals surface area (Å²) in [5.41, 5.74) is 2.59. The number of amides is 2. The molecule has 2 amide bonds. The number of likely N-dealkylation sites (N-methyl/N-ethyl adjacent to an activating group) is 1. The normalized spacial score (nSPS) is 16.1. The third-order valence-electron chi connectivity index (χ3n) is 5.72. The summed E-state index contributed by atoms with van der Waals surface area (Å²) in [6.45, 7) is 0. The Hall–Kier alpha value is -3.66. The van der Waals surface area contributed by atoms with E-state index in [9.17, 15) is 9.59 Å². The van der Waals surface area contributed by atoms with Gasteiger partial charge in [-0.15, -0.1) is 0 Å². The van der Waals surface area contributed by atoms with E-state index in [2.05, 4.69) is 29.6 Å². The van der Waals surface area contributed by atoms with Crippen molar-refractivity contribution in [1.82, 2.24) is 5.32 Å². The number of anilines is 1. The van der Waals surface area contributed by atoms with Gasteiger partial charge >= 0.3 is 0 Å². The predicted octanol–water partition coefficient (Wildman–Crippen LogP) is 4.31.